The average molecular weight is 322 g/mol. The molecule has 0 radical (unpaired) electrons. The van der Waals surface area contributed by atoms with Gasteiger partial charge in [0.25, 0.3) is 0 Å². The molecule has 0 saturated heterocycles. The maximum Gasteiger partial charge on any atom is 0.413 e. The minimum Gasteiger partial charge on any atom is -0.444 e. The Morgan fingerprint density at radius 3 is 2.36 bits per heavy atom. The van der Waals surface area contributed by atoms with Gasteiger partial charge < -0.3 is 4.74 Å². The van der Waals surface area contributed by atoms with E-state index in [4.69, 9.17) is 4.74 Å². The number of amides is 1. The van der Waals surface area contributed by atoms with Crippen molar-refractivity contribution in [3.63, 3.8) is 0 Å². The van der Waals surface area contributed by atoms with Gasteiger partial charge in [-0.2, -0.15) is 8.78 Å². The lowest BCUT2D eigenvalue weighted by Crippen LogP contribution is -2.37. The Bertz CT molecular complexity index is 571. The summed E-state index contributed by atoms with van der Waals surface area (Å²) in [5.74, 6) is -7.60. The molecule has 0 bridgehead atoms. The van der Waals surface area contributed by atoms with E-state index in [1.54, 1.807) is 20.8 Å². The van der Waals surface area contributed by atoms with Gasteiger partial charge >= 0.3 is 18.4 Å². The second-order valence-corrected chi connectivity index (χ2v) is 5.28. The highest BCUT2D eigenvalue weighted by Crippen LogP contribution is 2.29. The summed E-state index contributed by atoms with van der Waals surface area (Å²) in [5, 5.41) is 1.99. The number of hydrogen-bond acceptors (Lipinski definition) is 4. The van der Waals surface area contributed by atoms with Crippen molar-refractivity contribution < 1.29 is 31.9 Å². The molecular weight excluding hydrogens is 308 g/mol. The summed E-state index contributed by atoms with van der Waals surface area (Å²) >= 11 is 0. The van der Waals surface area contributed by atoms with E-state index in [0.29, 0.717) is 0 Å². The minimum absolute atomic E-state index is 0.581. The summed E-state index contributed by atoms with van der Waals surface area (Å²) in [4.78, 5) is 26.6. The molecule has 0 saturated carbocycles. The second kappa shape index (κ2) is 6.29. The van der Waals surface area contributed by atoms with Crippen LogP contribution >= 0.6 is 0 Å². The number of aromatic nitrogens is 1. The van der Waals surface area contributed by atoms with Crippen LogP contribution in [0.4, 0.5) is 28.2 Å². The first-order chi connectivity index (χ1) is 9.95. The zero-order valence-electron chi connectivity index (χ0n) is 12.0. The highest BCUT2D eigenvalue weighted by molar-refractivity contribution is 6.06. The number of alkyl halides is 4. The van der Waals surface area contributed by atoms with Crippen molar-refractivity contribution in [1.82, 2.24) is 4.98 Å². The van der Waals surface area contributed by atoms with E-state index in [9.17, 15) is 27.2 Å². The Hall–Kier alpha value is -2.19. The number of carbonyl (C=O) groups is 2. The van der Waals surface area contributed by atoms with Gasteiger partial charge in [0.05, 0.1) is 5.56 Å². The Morgan fingerprint density at radius 1 is 1.27 bits per heavy atom. The zero-order valence-corrected chi connectivity index (χ0v) is 12.0. The van der Waals surface area contributed by atoms with Crippen LogP contribution in [0.5, 0.6) is 0 Å². The topological polar surface area (TPSA) is 68.3 Å². The molecule has 1 aromatic heterocycles. The molecule has 1 aromatic rings. The minimum atomic E-state index is -4.88. The molecule has 0 atom stereocenters. The van der Waals surface area contributed by atoms with Gasteiger partial charge in [0.2, 0.25) is 5.78 Å². The van der Waals surface area contributed by atoms with Crippen molar-refractivity contribution in [3.8, 4) is 0 Å². The lowest BCUT2D eigenvalue weighted by molar-refractivity contribution is -0.0957. The molecule has 9 heteroatoms. The van der Waals surface area contributed by atoms with Crippen LogP contribution in [0.3, 0.4) is 0 Å². The second-order valence-electron chi connectivity index (χ2n) is 5.28. The van der Waals surface area contributed by atoms with Gasteiger partial charge in [0, 0.05) is 6.20 Å². The Morgan fingerprint density at radius 2 is 1.86 bits per heavy atom. The standard InChI is InChI=1S/C13H14F4N2O3/c1-12(2,3)22-11(21)19-9-7(5-4-6-18-9)8(20)13(16,17)10(14)15/h4-6,10H,1-3H3,(H,18,19,21). The number of nitrogens with zero attached hydrogens (tertiary/aromatic N) is 1. The number of ether oxygens (including phenoxy) is 1. The van der Waals surface area contributed by atoms with Gasteiger partial charge in [-0.05, 0) is 32.9 Å². The number of carbonyl (C=O) groups excluding carboxylic acids is 2. The summed E-state index contributed by atoms with van der Waals surface area (Å²) < 4.78 is 55.7. The van der Waals surface area contributed by atoms with Crippen LogP contribution in [0.25, 0.3) is 0 Å². The number of pyridine rings is 1. The van der Waals surface area contributed by atoms with E-state index in [0.717, 1.165) is 18.3 Å². The molecule has 0 aliphatic rings. The van der Waals surface area contributed by atoms with Crippen molar-refractivity contribution in [2.75, 3.05) is 5.32 Å². The van der Waals surface area contributed by atoms with Crippen LogP contribution in [-0.2, 0) is 4.74 Å². The van der Waals surface area contributed by atoms with Crippen molar-refractivity contribution in [3.05, 3.63) is 23.9 Å². The van der Waals surface area contributed by atoms with Crippen LogP contribution < -0.4 is 5.32 Å². The molecule has 0 aliphatic carbocycles. The predicted octanol–water partition coefficient (Wildman–Crippen LogP) is 3.51. The number of hydrogen-bond donors (Lipinski definition) is 1. The van der Waals surface area contributed by atoms with E-state index in [1.165, 1.54) is 0 Å². The number of halogens is 4. The summed E-state index contributed by atoms with van der Waals surface area (Å²) in [7, 11) is 0. The fourth-order valence-corrected chi connectivity index (χ4v) is 1.37. The molecule has 122 valence electrons. The number of rotatable bonds is 4. The van der Waals surface area contributed by atoms with Crippen molar-refractivity contribution in [2.24, 2.45) is 0 Å². The first-order valence-electron chi connectivity index (χ1n) is 6.11. The summed E-state index contributed by atoms with van der Waals surface area (Å²) in [6.45, 7) is 4.67. The maximum atomic E-state index is 13.1. The largest absolute Gasteiger partial charge is 0.444 e. The Balaban J connectivity index is 3.05. The Labute approximate surface area is 123 Å². The van der Waals surface area contributed by atoms with Gasteiger partial charge in [-0.25, -0.2) is 18.6 Å². The van der Waals surface area contributed by atoms with Gasteiger partial charge in [-0.15, -0.1) is 0 Å². The van der Waals surface area contributed by atoms with Crippen LogP contribution in [-0.4, -0.2) is 34.8 Å². The van der Waals surface area contributed by atoms with Crippen molar-refractivity contribution in [2.45, 2.75) is 38.7 Å². The molecule has 22 heavy (non-hydrogen) atoms. The highest BCUT2D eigenvalue weighted by Gasteiger charge is 2.50. The molecule has 0 aliphatic heterocycles. The Kier molecular flexibility index (Phi) is 5.10. The molecular formula is C13H14F4N2O3. The van der Waals surface area contributed by atoms with E-state index in [2.05, 4.69) is 4.98 Å². The third-order valence-corrected chi connectivity index (χ3v) is 2.25. The van der Waals surface area contributed by atoms with Gasteiger partial charge in [-0.1, -0.05) is 0 Å². The summed E-state index contributed by atoms with van der Waals surface area (Å²) in [6, 6.07) is 1.97. The lowest BCUT2D eigenvalue weighted by atomic mass is 10.1. The summed E-state index contributed by atoms with van der Waals surface area (Å²) in [6.07, 6.45) is -4.13. The molecule has 1 N–H and O–H groups in total. The molecule has 1 amide bonds. The molecule has 1 heterocycles. The fourth-order valence-electron chi connectivity index (χ4n) is 1.37. The monoisotopic (exact) mass is 322 g/mol. The van der Waals surface area contributed by atoms with Crippen LogP contribution in [0.15, 0.2) is 18.3 Å². The molecule has 0 spiro atoms. The number of anilines is 1. The SMILES string of the molecule is CC(C)(C)OC(=O)Nc1ncccc1C(=O)C(F)(F)C(F)F. The lowest BCUT2D eigenvalue weighted by Gasteiger charge is -2.20. The van der Waals surface area contributed by atoms with Crippen LogP contribution in [0.1, 0.15) is 31.1 Å². The maximum absolute atomic E-state index is 13.1. The average Bonchev–Trinajstić information content (AvgIpc) is 2.35. The quantitative estimate of drug-likeness (QED) is 0.680. The molecule has 5 nitrogen and oxygen atoms in total. The van der Waals surface area contributed by atoms with Crippen molar-refractivity contribution in [1.29, 1.82) is 0 Å². The third kappa shape index (κ3) is 4.40. The van der Waals surface area contributed by atoms with Crippen LogP contribution in [0.2, 0.25) is 0 Å². The highest BCUT2D eigenvalue weighted by atomic mass is 19.3. The van der Waals surface area contributed by atoms with E-state index >= 15 is 0 Å². The first-order valence-corrected chi connectivity index (χ1v) is 6.11. The van der Waals surface area contributed by atoms with E-state index in [1.807, 2.05) is 5.32 Å². The fraction of sp³-hybridized carbons (Fsp3) is 0.462. The van der Waals surface area contributed by atoms with Gasteiger partial charge in [-0.3, -0.25) is 10.1 Å². The molecule has 0 fully saturated rings. The molecule has 1 rings (SSSR count). The van der Waals surface area contributed by atoms with E-state index in [-0.39, 0.29) is 0 Å². The van der Waals surface area contributed by atoms with Gasteiger partial charge in [0.1, 0.15) is 11.4 Å². The zero-order chi connectivity index (χ0) is 17.1. The number of ketones is 1. The molecule has 0 unspecified atom stereocenters. The first kappa shape index (κ1) is 17.9. The van der Waals surface area contributed by atoms with E-state index < -0.39 is 41.2 Å². The number of nitrogens with one attached hydrogen (secondary N) is 1. The van der Waals surface area contributed by atoms with Crippen LogP contribution in [0, 0.1) is 0 Å². The normalized spacial score (nSPS) is 12.2. The summed E-state index contributed by atoms with van der Waals surface area (Å²) in [5.41, 5.74) is -1.71. The van der Waals surface area contributed by atoms with Crippen molar-refractivity contribution >= 4 is 17.7 Å². The third-order valence-electron chi connectivity index (χ3n) is 2.25. The predicted molar refractivity (Wildman–Crippen MR) is 69.4 cm³/mol. The van der Waals surface area contributed by atoms with Gasteiger partial charge in [0.15, 0.2) is 0 Å². The smallest absolute Gasteiger partial charge is 0.413 e. The molecule has 0 aromatic carbocycles. The number of Topliss-reactive ketones (excluding diaryl/α,β-unsaturated/α-hetero) is 1.